The first-order valence-corrected chi connectivity index (χ1v) is 4.83. The van der Waals surface area contributed by atoms with Crippen molar-refractivity contribution in [2.45, 2.75) is 38.6 Å². The summed E-state index contributed by atoms with van der Waals surface area (Å²) in [6, 6.07) is 0.784. The van der Waals surface area contributed by atoms with Crippen LogP contribution in [0.15, 0.2) is 0 Å². The average molecular weight is 170 g/mol. The molecule has 0 unspecified atom stereocenters. The Morgan fingerprint density at radius 2 is 2.17 bits per heavy atom. The molecule has 1 amide bonds. The van der Waals surface area contributed by atoms with Crippen LogP contribution in [0.1, 0.15) is 32.6 Å². The smallest absolute Gasteiger partial charge is 0.219 e. The van der Waals surface area contributed by atoms with E-state index in [1.165, 1.54) is 12.8 Å². The highest BCUT2D eigenvalue weighted by molar-refractivity contribution is 5.75. The van der Waals surface area contributed by atoms with Gasteiger partial charge in [-0.25, -0.2) is 0 Å². The monoisotopic (exact) mass is 170 g/mol. The van der Waals surface area contributed by atoms with E-state index in [1.54, 1.807) is 0 Å². The van der Waals surface area contributed by atoms with Crippen molar-refractivity contribution in [2.24, 2.45) is 0 Å². The molecule has 0 heterocycles. The Morgan fingerprint density at radius 3 is 2.75 bits per heavy atom. The van der Waals surface area contributed by atoms with Gasteiger partial charge in [-0.2, -0.15) is 0 Å². The van der Waals surface area contributed by atoms with E-state index in [9.17, 15) is 4.79 Å². The fraction of sp³-hybridized carbons (Fsp3) is 0.889. The zero-order chi connectivity index (χ0) is 8.81. The van der Waals surface area contributed by atoms with Gasteiger partial charge in [0.2, 0.25) is 5.91 Å². The van der Waals surface area contributed by atoms with E-state index in [2.05, 4.69) is 10.6 Å². The first-order chi connectivity index (χ1) is 5.83. The second-order valence-corrected chi connectivity index (χ2v) is 3.29. The van der Waals surface area contributed by atoms with Gasteiger partial charge in [0.05, 0.1) is 0 Å². The molecule has 0 aromatic heterocycles. The number of hydrogen-bond acceptors (Lipinski definition) is 2. The molecule has 1 aliphatic rings. The number of hydrogen-bond donors (Lipinski definition) is 2. The molecule has 0 spiro atoms. The summed E-state index contributed by atoms with van der Waals surface area (Å²) in [6.07, 6.45) is 4.31. The van der Waals surface area contributed by atoms with Crippen LogP contribution in [0.3, 0.4) is 0 Å². The minimum absolute atomic E-state index is 0.154. The molecule has 3 nitrogen and oxygen atoms in total. The molecular formula is C9H18N2O. The molecule has 12 heavy (non-hydrogen) atoms. The molecular weight excluding hydrogens is 152 g/mol. The van der Waals surface area contributed by atoms with E-state index in [0.717, 1.165) is 25.6 Å². The van der Waals surface area contributed by atoms with Crippen molar-refractivity contribution in [3.63, 3.8) is 0 Å². The summed E-state index contributed by atoms with van der Waals surface area (Å²) in [4.78, 5) is 10.8. The zero-order valence-electron chi connectivity index (χ0n) is 7.73. The Bertz CT molecular complexity index is 143. The maximum atomic E-state index is 10.8. The number of rotatable bonds is 6. The lowest BCUT2D eigenvalue weighted by molar-refractivity contribution is -0.120. The molecule has 0 bridgehead atoms. The molecule has 0 atom stereocenters. The first-order valence-electron chi connectivity index (χ1n) is 4.83. The number of carbonyl (C=O) groups is 1. The van der Waals surface area contributed by atoms with Crippen molar-refractivity contribution < 1.29 is 4.79 Å². The fourth-order valence-corrected chi connectivity index (χ4v) is 1.03. The van der Waals surface area contributed by atoms with Crippen LogP contribution in [0, 0.1) is 0 Å². The number of amides is 1. The second kappa shape index (κ2) is 5.14. The highest BCUT2D eigenvalue weighted by Gasteiger charge is 2.19. The average Bonchev–Trinajstić information content (AvgIpc) is 2.87. The third-order valence-corrected chi connectivity index (χ3v) is 2.01. The van der Waals surface area contributed by atoms with E-state index < -0.39 is 0 Å². The summed E-state index contributed by atoms with van der Waals surface area (Å²) < 4.78 is 0. The molecule has 0 aromatic carbocycles. The van der Waals surface area contributed by atoms with Crippen molar-refractivity contribution >= 4 is 5.91 Å². The van der Waals surface area contributed by atoms with Crippen LogP contribution in [0.4, 0.5) is 0 Å². The van der Waals surface area contributed by atoms with Crippen LogP contribution in [-0.4, -0.2) is 25.0 Å². The van der Waals surface area contributed by atoms with Gasteiger partial charge in [-0.15, -0.1) is 0 Å². The Balaban J connectivity index is 1.78. The van der Waals surface area contributed by atoms with Gasteiger partial charge in [-0.1, -0.05) is 6.92 Å². The van der Waals surface area contributed by atoms with Crippen molar-refractivity contribution in [3.05, 3.63) is 0 Å². The van der Waals surface area contributed by atoms with Crippen LogP contribution in [0.25, 0.3) is 0 Å². The van der Waals surface area contributed by atoms with E-state index in [0.29, 0.717) is 6.42 Å². The zero-order valence-corrected chi connectivity index (χ0v) is 7.73. The van der Waals surface area contributed by atoms with E-state index in [-0.39, 0.29) is 5.91 Å². The Labute approximate surface area is 73.9 Å². The Morgan fingerprint density at radius 1 is 1.42 bits per heavy atom. The maximum Gasteiger partial charge on any atom is 0.219 e. The predicted octanol–water partition coefficient (Wildman–Crippen LogP) is 0.655. The quantitative estimate of drug-likeness (QED) is 0.575. The maximum absolute atomic E-state index is 10.8. The lowest BCUT2D eigenvalue weighted by Gasteiger charge is -2.03. The molecule has 1 fully saturated rings. The molecule has 1 aliphatic carbocycles. The van der Waals surface area contributed by atoms with Crippen LogP contribution in [0.2, 0.25) is 0 Å². The molecule has 70 valence electrons. The summed E-state index contributed by atoms with van der Waals surface area (Å²) in [6.45, 7) is 3.72. The fourth-order valence-electron chi connectivity index (χ4n) is 1.03. The SMILES string of the molecule is CCC(=O)NCCCNC1CC1. The molecule has 1 saturated carbocycles. The summed E-state index contributed by atoms with van der Waals surface area (Å²) in [5.74, 6) is 0.154. The van der Waals surface area contributed by atoms with Gasteiger partial charge in [0.25, 0.3) is 0 Å². The molecule has 1 rings (SSSR count). The van der Waals surface area contributed by atoms with E-state index >= 15 is 0 Å². The van der Waals surface area contributed by atoms with E-state index in [4.69, 9.17) is 0 Å². The Kier molecular flexibility index (Phi) is 4.08. The molecule has 3 heteroatoms. The van der Waals surface area contributed by atoms with Gasteiger partial charge >= 0.3 is 0 Å². The van der Waals surface area contributed by atoms with Crippen molar-refractivity contribution in [3.8, 4) is 0 Å². The van der Waals surface area contributed by atoms with Gasteiger partial charge < -0.3 is 10.6 Å². The summed E-state index contributed by atoms with van der Waals surface area (Å²) in [5.41, 5.74) is 0. The minimum atomic E-state index is 0.154. The largest absolute Gasteiger partial charge is 0.356 e. The standard InChI is InChI=1S/C9H18N2O/c1-2-9(12)11-7-3-6-10-8-4-5-8/h8,10H,2-7H2,1H3,(H,11,12). The van der Waals surface area contributed by atoms with Gasteiger partial charge in [0, 0.05) is 19.0 Å². The molecule has 0 aliphatic heterocycles. The molecule has 0 aromatic rings. The molecule has 0 radical (unpaired) electrons. The van der Waals surface area contributed by atoms with Crippen LogP contribution in [-0.2, 0) is 4.79 Å². The lowest BCUT2D eigenvalue weighted by Crippen LogP contribution is -2.27. The van der Waals surface area contributed by atoms with Crippen LogP contribution >= 0.6 is 0 Å². The summed E-state index contributed by atoms with van der Waals surface area (Å²) in [5, 5.41) is 6.24. The van der Waals surface area contributed by atoms with Crippen molar-refractivity contribution in [1.29, 1.82) is 0 Å². The van der Waals surface area contributed by atoms with Gasteiger partial charge in [0.15, 0.2) is 0 Å². The first kappa shape index (κ1) is 9.52. The predicted molar refractivity (Wildman–Crippen MR) is 48.9 cm³/mol. The summed E-state index contributed by atoms with van der Waals surface area (Å²) in [7, 11) is 0. The van der Waals surface area contributed by atoms with Crippen molar-refractivity contribution in [1.82, 2.24) is 10.6 Å². The number of nitrogens with one attached hydrogen (secondary N) is 2. The highest BCUT2D eigenvalue weighted by atomic mass is 16.1. The normalized spacial score (nSPS) is 16.1. The highest BCUT2D eigenvalue weighted by Crippen LogP contribution is 2.18. The van der Waals surface area contributed by atoms with Gasteiger partial charge in [0.1, 0.15) is 0 Å². The van der Waals surface area contributed by atoms with E-state index in [1.807, 2.05) is 6.92 Å². The lowest BCUT2D eigenvalue weighted by atomic mass is 10.4. The van der Waals surface area contributed by atoms with Crippen LogP contribution < -0.4 is 10.6 Å². The van der Waals surface area contributed by atoms with Gasteiger partial charge in [-0.05, 0) is 25.8 Å². The van der Waals surface area contributed by atoms with Crippen LogP contribution in [0.5, 0.6) is 0 Å². The number of carbonyl (C=O) groups excluding carboxylic acids is 1. The Hall–Kier alpha value is -0.570. The minimum Gasteiger partial charge on any atom is -0.356 e. The van der Waals surface area contributed by atoms with Gasteiger partial charge in [-0.3, -0.25) is 4.79 Å². The topological polar surface area (TPSA) is 41.1 Å². The second-order valence-electron chi connectivity index (χ2n) is 3.29. The van der Waals surface area contributed by atoms with Crippen molar-refractivity contribution in [2.75, 3.05) is 13.1 Å². The third-order valence-electron chi connectivity index (χ3n) is 2.01. The third kappa shape index (κ3) is 4.34. The molecule has 2 N–H and O–H groups in total. The summed E-state index contributed by atoms with van der Waals surface area (Å²) >= 11 is 0. The molecule has 0 saturated heterocycles.